The lowest BCUT2D eigenvalue weighted by molar-refractivity contribution is -0.114. The highest BCUT2D eigenvalue weighted by Gasteiger charge is 2.36. The molecule has 0 spiro atoms. The number of benzene rings is 2. The molecule has 3 rings (SSSR count). The predicted octanol–water partition coefficient (Wildman–Crippen LogP) is 2.50. The monoisotopic (exact) mass is 436 g/mol. The van der Waals surface area contributed by atoms with Gasteiger partial charge in [0.05, 0.1) is 15.9 Å². The summed E-state index contributed by atoms with van der Waals surface area (Å²) in [5.74, 6) is -0.473. The smallest absolute Gasteiger partial charge is 0.243 e. The van der Waals surface area contributed by atoms with E-state index in [1.54, 1.807) is 37.3 Å². The normalized spacial score (nSPS) is 20.0. The zero-order chi connectivity index (χ0) is 21.2. The van der Waals surface area contributed by atoms with Crippen LogP contribution >= 0.6 is 0 Å². The Bertz CT molecular complexity index is 1110. The van der Waals surface area contributed by atoms with Crippen LogP contribution in [0.25, 0.3) is 0 Å². The Morgan fingerprint density at radius 1 is 1.10 bits per heavy atom. The van der Waals surface area contributed by atoms with Crippen molar-refractivity contribution in [3.8, 4) is 0 Å². The molecule has 1 saturated heterocycles. The highest BCUT2D eigenvalue weighted by molar-refractivity contribution is 7.92. The van der Waals surface area contributed by atoms with Gasteiger partial charge in [-0.05, 0) is 42.7 Å². The summed E-state index contributed by atoms with van der Waals surface area (Å²) in [6.07, 6.45) is 0.203. The number of amides is 1. The van der Waals surface area contributed by atoms with Gasteiger partial charge in [0.25, 0.3) is 0 Å². The van der Waals surface area contributed by atoms with Crippen LogP contribution in [0.15, 0.2) is 53.4 Å². The summed E-state index contributed by atoms with van der Waals surface area (Å²) in [7, 11) is -7.33. The molecule has 0 aliphatic carbocycles. The summed E-state index contributed by atoms with van der Waals surface area (Å²) < 4.78 is 53.2. The van der Waals surface area contributed by atoms with Crippen LogP contribution in [-0.2, 0) is 24.7 Å². The number of nitrogens with zero attached hydrogens (tertiary/aromatic N) is 1. The largest absolute Gasteiger partial charge is 0.326 e. The van der Waals surface area contributed by atoms with Crippen LogP contribution in [0.5, 0.6) is 0 Å². The molecule has 0 radical (unpaired) electrons. The van der Waals surface area contributed by atoms with Gasteiger partial charge in [-0.1, -0.05) is 30.3 Å². The average molecular weight is 437 g/mol. The van der Waals surface area contributed by atoms with E-state index in [1.165, 1.54) is 23.4 Å². The number of anilines is 1. The molecule has 156 valence electrons. The lowest BCUT2D eigenvalue weighted by atomic mass is 10.1. The summed E-state index contributed by atoms with van der Waals surface area (Å²) in [6, 6.07) is 13.5. The fourth-order valence-corrected chi connectivity index (χ4v) is 7.14. The van der Waals surface area contributed by atoms with Crippen molar-refractivity contribution in [3.63, 3.8) is 0 Å². The zero-order valence-corrected chi connectivity index (χ0v) is 18.0. The van der Waals surface area contributed by atoms with Gasteiger partial charge in [0.1, 0.15) is 0 Å². The third kappa shape index (κ3) is 4.68. The summed E-state index contributed by atoms with van der Waals surface area (Å²) in [5.41, 5.74) is 1.68. The lowest BCUT2D eigenvalue weighted by Crippen LogP contribution is -2.34. The summed E-state index contributed by atoms with van der Waals surface area (Å²) in [6.45, 7) is 3.06. The number of rotatable bonds is 4. The van der Waals surface area contributed by atoms with Gasteiger partial charge in [-0.2, -0.15) is 4.31 Å². The molecule has 1 amide bonds. The van der Waals surface area contributed by atoms with Gasteiger partial charge in [0.2, 0.25) is 15.9 Å². The summed E-state index contributed by atoms with van der Waals surface area (Å²) in [5, 5.41) is 1.91. The van der Waals surface area contributed by atoms with Gasteiger partial charge >= 0.3 is 0 Å². The van der Waals surface area contributed by atoms with E-state index in [0.29, 0.717) is 16.8 Å². The number of carbonyl (C=O) groups excluding carboxylic acids is 1. The van der Waals surface area contributed by atoms with Crippen LogP contribution in [0.3, 0.4) is 0 Å². The maximum atomic E-state index is 13.2. The van der Waals surface area contributed by atoms with Crippen molar-refractivity contribution < 1.29 is 21.6 Å². The molecule has 1 N–H and O–H groups in total. The molecule has 1 heterocycles. The number of sulfonamides is 1. The number of hydrogen-bond donors (Lipinski definition) is 1. The minimum Gasteiger partial charge on any atom is -0.326 e. The topological polar surface area (TPSA) is 101 Å². The second-order valence-corrected chi connectivity index (χ2v) is 11.3. The first-order chi connectivity index (χ1) is 13.6. The van der Waals surface area contributed by atoms with Crippen molar-refractivity contribution in [3.05, 3.63) is 59.7 Å². The molecule has 1 aliphatic rings. The number of sulfone groups is 1. The van der Waals surface area contributed by atoms with Crippen molar-refractivity contribution in [1.82, 2.24) is 4.31 Å². The van der Waals surface area contributed by atoms with Crippen LogP contribution in [0.4, 0.5) is 5.69 Å². The van der Waals surface area contributed by atoms with E-state index in [0.717, 1.165) is 0 Å². The average Bonchev–Trinajstić information content (AvgIpc) is 2.80. The molecule has 1 aliphatic heterocycles. The fourth-order valence-electron chi connectivity index (χ4n) is 3.56. The Labute approximate surface area is 171 Å². The van der Waals surface area contributed by atoms with Crippen LogP contribution in [0, 0.1) is 6.92 Å². The molecule has 0 saturated carbocycles. The van der Waals surface area contributed by atoms with E-state index in [4.69, 9.17) is 0 Å². The van der Waals surface area contributed by atoms with Crippen molar-refractivity contribution in [2.45, 2.75) is 30.4 Å². The maximum absolute atomic E-state index is 13.2. The highest BCUT2D eigenvalue weighted by Crippen LogP contribution is 2.32. The first-order valence-electron chi connectivity index (χ1n) is 9.26. The fraction of sp³-hybridized carbons (Fsp3) is 0.350. The van der Waals surface area contributed by atoms with Gasteiger partial charge in [-0.25, -0.2) is 16.8 Å². The first kappa shape index (κ1) is 21.5. The SMILES string of the molecule is CC(=O)Nc1ccc(S(=O)(=O)N2CC[C@@H](c3ccccc3)S(=O)(=O)CC2)c(C)c1. The Balaban J connectivity index is 1.88. The first-order valence-corrected chi connectivity index (χ1v) is 12.4. The van der Waals surface area contributed by atoms with Crippen molar-refractivity contribution in [2.75, 3.05) is 24.2 Å². The summed E-state index contributed by atoms with van der Waals surface area (Å²) >= 11 is 0. The Hall–Kier alpha value is -2.23. The van der Waals surface area contributed by atoms with E-state index in [2.05, 4.69) is 5.32 Å². The van der Waals surface area contributed by atoms with E-state index in [-0.39, 0.29) is 36.1 Å². The third-order valence-corrected chi connectivity index (χ3v) is 9.17. The van der Waals surface area contributed by atoms with E-state index in [1.807, 2.05) is 6.07 Å². The molecule has 29 heavy (non-hydrogen) atoms. The predicted molar refractivity (Wildman–Crippen MR) is 112 cm³/mol. The lowest BCUT2D eigenvalue weighted by Gasteiger charge is -2.21. The van der Waals surface area contributed by atoms with Crippen molar-refractivity contribution in [1.29, 1.82) is 0 Å². The van der Waals surface area contributed by atoms with Crippen LogP contribution in [0.2, 0.25) is 0 Å². The molecule has 1 atom stereocenters. The third-order valence-electron chi connectivity index (χ3n) is 4.98. The molecule has 9 heteroatoms. The van der Waals surface area contributed by atoms with E-state index in [9.17, 15) is 21.6 Å². The molecule has 0 unspecified atom stereocenters. The van der Waals surface area contributed by atoms with Gasteiger partial charge in [-0.3, -0.25) is 4.79 Å². The minimum absolute atomic E-state index is 0.0825. The van der Waals surface area contributed by atoms with Gasteiger partial charge in [0.15, 0.2) is 9.84 Å². The second-order valence-electron chi connectivity index (χ2n) is 7.12. The van der Waals surface area contributed by atoms with Crippen LogP contribution < -0.4 is 5.32 Å². The molecule has 2 aromatic rings. The molecule has 1 fully saturated rings. The van der Waals surface area contributed by atoms with Crippen LogP contribution in [-0.4, -0.2) is 45.9 Å². The number of carbonyl (C=O) groups is 1. The standard InChI is InChI=1S/C20H24N2O5S2/c1-15-14-18(21-16(2)23)8-9-19(15)29(26,27)22-11-10-20(28(24,25)13-12-22)17-6-4-3-5-7-17/h3-9,14,20H,10-13H2,1-2H3,(H,21,23)/t20-/m0/s1. The molecular formula is C20H24N2O5S2. The van der Waals surface area contributed by atoms with Gasteiger partial charge < -0.3 is 5.32 Å². The van der Waals surface area contributed by atoms with Gasteiger partial charge in [0, 0.05) is 25.7 Å². The number of hydrogen-bond acceptors (Lipinski definition) is 5. The van der Waals surface area contributed by atoms with E-state index < -0.39 is 25.1 Å². The van der Waals surface area contributed by atoms with Crippen molar-refractivity contribution >= 4 is 31.5 Å². The Morgan fingerprint density at radius 3 is 2.41 bits per heavy atom. The Morgan fingerprint density at radius 2 is 1.79 bits per heavy atom. The number of nitrogens with one attached hydrogen (secondary N) is 1. The molecule has 0 aromatic heterocycles. The van der Waals surface area contributed by atoms with Crippen LogP contribution in [0.1, 0.15) is 29.7 Å². The van der Waals surface area contributed by atoms with E-state index >= 15 is 0 Å². The minimum atomic E-state index is -3.86. The zero-order valence-electron chi connectivity index (χ0n) is 16.3. The second kappa shape index (κ2) is 8.25. The highest BCUT2D eigenvalue weighted by atomic mass is 32.2. The molecule has 0 bridgehead atoms. The quantitative estimate of drug-likeness (QED) is 0.794. The molecular weight excluding hydrogens is 412 g/mol. The number of aryl methyl sites for hydroxylation is 1. The molecule has 7 nitrogen and oxygen atoms in total. The van der Waals surface area contributed by atoms with Crippen molar-refractivity contribution in [2.24, 2.45) is 0 Å². The summed E-state index contributed by atoms with van der Waals surface area (Å²) in [4.78, 5) is 11.3. The maximum Gasteiger partial charge on any atom is 0.243 e. The van der Waals surface area contributed by atoms with Gasteiger partial charge in [-0.15, -0.1) is 0 Å². The molecule has 2 aromatic carbocycles. The Kier molecular flexibility index (Phi) is 6.11.